The topological polar surface area (TPSA) is 122 Å². The van der Waals surface area contributed by atoms with E-state index in [1.807, 2.05) is 6.92 Å². The number of aryl methyl sites for hydroxylation is 1. The van der Waals surface area contributed by atoms with Gasteiger partial charge in [0.25, 0.3) is 0 Å². The van der Waals surface area contributed by atoms with E-state index in [9.17, 15) is 5.11 Å². The lowest BCUT2D eigenvalue weighted by Crippen LogP contribution is -2.22. The van der Waals surface area contributed by atoms with Crippen molar-refractivity contribution < 1.29 is 9.84 Å². The van der Waals surface area contributed by atoms with E-state index in [0.29, 0.717) is 29.6 Å². The van der Waals surface area contributed by atoms with Crippen LogP contribution in [0, 0.1) is 6.92 Å². The molecule has 0 aliphatic heterocycles. The van der Waals surface area contributed by atoms with Crippen molar-refractivity contribution in [2.45, 2.75) is 52.2 Å². The van der Waals surface area contributed by atoms with Gasteiger partial charge in [-0.25, -0.2) is 15.1 Å². The number of nitrogens with one attached hydrogen (secondary N) is 2. The Labute approximate surface area is 134 Å². The maximum Gasteiger partial charge on any atom is 0.186 e. The van der Waals surface area contributed by atoms with Gasteiger partial charge in [-0.05, 0) is 30.2 Å². The first-order valence-corrected chi connectivity index (χ1v) is 7.79. The summed E-state index contributed by atoms with van der Waals surface area (Å²) in [5, 5.41) is 26.0. The van der Waals surface area contributed by atoms with Crippen molar-refractivity contribution in [2.75, 3.05) is 11.9 Å². The van der Waals surface area contributed by atoms with Crippen molar-refractivity contribution in [3.8, 4) is 5.75 Å². The quantitative estimate of drug-likeness (QED) is 0.597. The van der Waals surface area contributed by atoms with Crippen molar-refractivity contribution in [1.29, 1.82) is 0 Å². The van der Waals surface area contributed by atoms with Gasteiger partial charge >= 0.3 is 0 Å². The van der Waals surface area contributed by atoms with Gasteiger partial charge in [0.1, 0.15) is 12.4 Å². The molecule has 0 radical (unpaired) electrons. The standard InChI is InChI=1S/C14H23N7O2/c1-3-4-5-11(6-7-22)17-14-12(8-15-10(2)16-14)23-9-13-18-20-21-19-13/h8,11,22H,3-7,9H2,1-2H3,(H,15,16,17)(H,18,19,20,21)/t11-/m0/s1. The molecular formula is C14H23N7O2. The molecule has 9 heteroatoms. The summed E-state index contributed by atoms with van der Waals surface area (Å²) in [6, 6.07) is 0.142. The Balaban J connectivity index is 2.06. The number of aromatic amines is 1. The number of unbranched alkanes of at least 4 members (excludes halogenated alkanes) is 1. The van der Waals surface area contributed by atoms with Crippen LogP contribution in [0.2, 0.25) is 0 Å². The van der Waals surface area contributed by atoms with Crippen molar-refractivity contribution in [3.63, 3.8) is 0 Å². The monoisotopic (exact) mass is 321 g/mol. The van der Waals surface area contributed by atoms with Gasteiger partial charge in [0, 0.05) is 12.6 Å². The zero-order valence-corrected chi connectivity index (χ0v) is 13.5. The van der Waals surface area contributed by atoms with Crippen LogP contribution in [0.1, 0.15) is 44.3 Å². The SMILES string of the molecule is CCCC[C@@H](CCO)Nc1nc(C)ncc1OCc1nnn[nH]1. The normalized spacial score (nSPS) is 12.1. The predicted molar refractivity (Wildman–Crippen MR) is 83.9 cm³/mol. The first kappa shape index (κ1) is 17.1. The number of hydrogen-bond acceptors (Lipinski definition) is 8. The van der Waals surface area contributed by atoms with Gasteiger partial charge in [0.15, 0.2) is 17.4 Å². The van der Waals surface area contributed by atoms with Crippen LogP contribution in [0.25, 0.3) is 0 Å². The molecule has 0 spiro atoms. The molecule has 2 aromatic heterocycles. The second-order valence-electron chi connectivity index (χ2n) is 5.26. The van der Waals surface area contributed by atoms with Crippen molar-refractivity contribution in [1.82, 2.24) is 30.6 Å². The molecule has 0 aromatic carbocycles. The summed E-state index contributed by atoms with van der Waals surface area (Å²) < 4.78 is 5.70. The van der Waals surface area contributed by atoms with E-state index in [1.54, 1.807) is 6.20 Å². The van der Waals surface area contributed by atoms with E-state index in [2.05, 4.69) is 42.8 Å². The average molecular weight is 321 g/mol. The number of aromatic nitrogens is 6. The maximum atomic E-state index is 9.24. The summed E-state index contributed by atoms with van der Waals surface area (Å²) >= 11 is 0. The predicted octanol–water partition coefficient (Wildman–Crippen LogP) is 1.23. The molecule has 2 aromatic rings. The number of aliphatic hydroxyl groups excluding tert-OH is 1. The van der Waals surface area contributed by atoms with Crippen LogP contribution in [0.4, 0.5) is 5.82 Å². The number of hydrogen-bond donors (Lipinski definition) is 3. The highest BCUT2D eigenvalue weighted by Crippen LogP contribution is 2.24. The molecule has 2 rings (SSSR count). The molecule has 3 N–H and O–H groups in total. The summed E-state index contributed by atoms with van der Waals surface area (Å²) in [5.41, 5.74) is 0. The number of anilines is 1. The van der Waals surface area contributed by atoms with Crippen molar-refractivity contribution >= 4 is 5.82 Å². The second kappa shape index (κ2) is 8.99. The van der Waals surface area contributed by atoms with Gasteiger partial charge in [0.2, 0.25) is 0 Å². The third kappa shape index (κ3) is 5.44. The van der Waals surface area contributed by atoms with Gasteiger partial charge in [0.05, 0.1) is 6.20 Å². The van der Waals surface area contributed by atoms with Crippen LogP contribution in [0.3, 0.4) is 0 Å². The minimum absolute atomic E-state index is 0.130. The van der Waals surface area contributed by atoms with Gasteiger partial charge in [-0.15, -0.1) is 5.10 Å². The largest absolute Gasteiger partial charge is 0.480 e. The summed E-state index contributed by atoms with van der Waals surface area (Å²) in [4.78, 5) is 8.58. The molecule has 1 atom stereocenters. The number of aliphatic hydroxyl groups is 1. The Morgan fingerprint density at radius 2 is 2.26 bits per heavy atom. The fraction of sp³-hybridized carbons (Fsp3) is 0.643. The lowest BCUT2D eigenvalue weighted by molar-refractivity contribution is 0.274. The number of nitrogens with zero attached hydrogens (tertiary/aromatic N) is 5. The molecule has 0 aliphatic carbocycles. The van der Waals surface area contributed by atoms with Crippen LogP contribution in [-0.2, 0) is 6.61 Å². The molecule has 0 saturated heterocycles. The van der Waals surface area contributed by atoms with E-state index in [4.69, 9.17) is 4.74 Å². The van der Waals surface area contributed by atoms with E-state index in [0.717, 1.165) is 19.3 Å². The van der Waals surface area contributed by atoms with Crippen molar-refractivity contribution in [3.05, 3.63) is 17.8 Å². The first-order chi connectivity index (χ1) is 11.2. The number of rotatable bonds is 10. The molecule has 9 nitrogen and oxygen atoms in total. The molecular weight excluding hydrogens is 298 g/mol. The van der Waals surface area contributed by atoms with Gasteiger partial charge in [-0.3, -0.25) is 0 Å². The highest BCUT2D eigenvalue weighted by Gasteiger charge is 2.14. The lowest BCUT2D eigenvalue weighted by atomic mass is 10.1. The van der Waals surface area contributed by atoms with E-state index >= 15 is 0 Å². The second-order valence-corrected chi connectivity index (χ2v) is 5.26. The molecule has 126 valence electrons. The Hall–Kier alpha value is -2.29. The van der Waals surface area contributed by atoms with Crippen LogP contribution >= 0.6 is 0 Å². The summed E-state index contributed by atoms with van der Waals surface area (Å²) in [6.45, 7) is 4.30. The Morgan fingerprint density at radius 1 is 1.39 bits per heavy atom. The zero-order chi connectivity index (χ0) is 16.5. The number of ether oxygens (including phenoxy) is 1. The Morgan fingerprint density at radius 3 is 2.96 bits per heavy atom. The Kier molecular flexibility index (Phi) is 6.67. The van der Waals surface area contributed by atoms with E-state index in [1.165, 1.54) is 0 Å². The van der Waals surface area contributed by atoms with E-state index < -0.39 is 0 Å². The molecule has 0 bridgehead atoms. The summed E-state index contributed by atoms with van der Waals surface area (Å²) in [5.74, 6) is 2.33. The molecule has 23 heavy (non-hydrogen) atoms. The van der Waals surface area contributed by atoms with Crippen LogP contribution in [-0.4, -0.2) is 48.3 Å². The highest BCUT2D eigenvalue weighted by molar-refractivity contribution is 5.49. The molecule has 0 aliphatic rings. The third-order valence-electron chi connectivity index (χ3n) is 3.35. The lowest BCUT2D eigenvalue weighted by Gasteiger charge is -2.20. The van der Waals surface area contributed by atoms with Gasteiger partial charge in [-0.1, -0.05) is 19.8 Å². The minimum Gasteiger partial charge on any atom is -0.480 e. The summed E-state index contributed by atoms with van der Waals surface area (Å²) in [6.07, 6.45) is 5.44. The highest BCUT2D eigenvalue weighted by atomic mass is 16.5. The van der Waals surface area contributed by atoms with Crippen LogP contribution in [0.5, 0.6) is 5.75 Å². The average Bonchev–Trinajstić information content (AvgIpc) is 3.05. The fourth-order valence-corrected chi connectivity index (χ4v) is 2.14. The molecule has 0 fully saturated rings. The zero-order valence-electron chi connectivity index (χ0n) is 13.5. The van der Waals surface area contributed by atoms with Crippen LogP contribution < -0.4 is 10.1 Å². The molecule has 2 heterocycles. The Bertz CT molecular complexity index is 577. The van der Waals surface area contributed by atoms with E-state index in [-0.39, 0.29) is 19.3 Å². The van der Waals surface area contributed by atoms with Crippen molar-refractivity contribution in [2.24, 2.45) is 0 Å². The van der Waals surface area contributed by atoms with Crippen LogP contribution in [0.15, 0.2) is 6.20 Å². The smallest absolute Gasteiger partial charge is 0.186 e. The molecule has 0 unspecified atom stereocenters. The molecule has 0 saturated carbocycles. The van der Waals surface area contributed by atoms with Gasteiger partial charge in [-0.2, -0.15) is 0 Å². The minimum atomic E-state index is 0.130. The third-order valence-corrected chi connectivity index (χ3v) is 3.35. The van der Waals surface area contributed by atoms with Gasteiger partial charge < -0.3 is 15.2 Å². The first-order valence-electron chi connectivity index (χ1n) is 7.79. The fourth-order valence-electron chi connectivity index (χ4n) is 2.14. The maximum absolute atomic E-state index is 9.24. The summed E-state index contributed by atoms with van der Waals surface area (Å²) in [7, 11) is 0. The molecule has 0 amide bonds. The number of H-pyrrole nitrogens is 1. The number of tetrazole rings is 1.